The molecule has 1 heterocycles. The zero-order valence-corrected chi connectivity index (χ0v) is 12.3. The van der Waals surface area contributed by atoms with Crippen LogP contribution in [0.5, 0.6) is 5.75 Å². The predicted octanol–water partition coefficient (Wildman–Crippen LogP) is 3.11. The molecule has 1 aliphatic rings. The third-order valence-corrected chi connectivity index (χ3v) is 3.74. The highest BCUT2D eigenvalue weighted by Crippen LogP contribution is 2.37. The molecule has 22 heavy (non-hydrogen) atoms. The van der Waals surface area contributed by atoms with Crippen molar-refractivity contribution in [1.82, 2.24) is 0 Å². The molecule has 0 aliphatic carbocycles. The zero-order valence-electron chi connectivity index (χ0n) is 12.3. The van der Waals surface area contributed by atoms with Crippen LogP contribution in [-0.2, 0) is 11.3 Å². The molecule has 0 fully saturated rings. The SMILES string of the molecule is CC[C@H]1Oc2ccc(N)cc2N(Cc2ccccc2F)C1=O. The van der Waals surface area contributed by atoms with Gasteiger partial charge in [-0.1, -0.05) is 25.1 Å². The van der Waals surface area contributed by atoms with E-state index in [-0.39, 0.29) is 18.3 Å². The van der Waals surface area contributed by atoms with Crippen molar-refractivity contribution in [2.75, 3.05) is 10.6 Å². The number of benzene rings is 2. The maximum absolute atomic E-state index is 13.9. The lowest BCUT2D eigenvalue weighted by atomic mass is 10.1. The van der Waals surface area contributed by atoms with Crippen LogP contribution < -0.4 is 15.4 Å². The second kappa shape index (κ2) is 5.67. The van der Waals surface area contributed by atoms with Crippen molar-refractivity contribution < 1.29 is 13.9 Å². The van der Waals surface area contributed by atoms with Crippen molar-refractivity contribution in [1.29, 1.82) is 0 Å². The van der Waals surface area contributed by atoms with E-state index in [2.05, 4.69) is 0 Å². The summed E-state index contributed by atoms with van der Waals surface area (Å²) in [6, 6.07) is 11.6. The summed E-state index contributed by atoms with van der Waals surface area (Å²) in [7, 11) is 0. The summed E-state index contributed by atoms with van der Waals surface area (Å²) in [5, 5.41) is 0. The van der Waals surface area contributed by atoms with Gasteiger partial charge in [0.1, 0.15) is 11.6 Å². The fraction of sp³-hybridized carbons (Fsp3) is 0.235. The highest BCUT2D eigenvalue weighted by atomic mass is 19.1. The second-order valence-electron chi connectivity index (χ2n) is 5.26. The van der Waals surface area contributed by atoms with Crippen LogP contribution in [0.15, 0.2) is 42.5 Å². The average Bonchev–Trinajstić information content (AvgIpc) is 2.52. The van der Waals surface area contributed by atoms with Gasteiger partial charge in [0.25, 0.3) is 5.91 Å². The van der Waals surface area contributed by atoms with Gasteiger partial charge in [-0.15, -0.1) is 0 Å². The Labute approximate surface area is 128 Å². The normalized spacial score (nSPS) is 17.1. The Morgan fingerprint density at radius 2 is 2.05 bits per heavy atom. The summed E-state index contributed by atoms with van der Waals surface area (Å²) in [5.41, 5.74) is 7.38. The fourth-order valence-electron chi connectivity index (χ4n) is 2.56. The number of amides is 1. The maximum atomic E-state index is 13.9. The standard InChI is InChI=1S/C17H17FN2O2/c1-2-15-17(21)20(10-11-5-3-4-6-13(11)18)14-9-12(19)7-8-16(14)22-15/h3-9,15H,2,10,19H2,1H3/t15-/m1/s1. The molecule has 0 saturated heterocycles. The van der Waals surface area contributed by atoms with Crippen molar-refractivity contribution >= 4 is 17.3 Å². The van der Waals surface area contributed by atoms with E-state index in [1.54, 1.807) is 41.3 Å². The van der Waals surface area contributed by atoms with Crippen LogP contribution in [0.25, 0.3) is 0 Å². The highest BCUT2D eigenvalue weighted by Gasteiger charge is 2.33. The number of fused-ring (bicyclic) bond motifs is 1. The summed E-state index contributed by atoms with van der Waals surface area (Å²) >= 11 is 0. The Kier molecular flexibility index (Phi) is 3.71. The molecule has 0 aromatic heterocycles. The molecule has 3 rings (SSSR count). The molecule has 0 spiro atoms. The van der Waals surface area contributed by atoms with Crippen LogP contribution in [0.4, 0.5) is 15.8 Å². The van der Waals surface area contributed by atoms with Gasteiger partial charge in [0, 0.05) is 11.3 Å². The van der Waals surface area contributed by atoms with Crippen LogP contribution in [0.2, 0.25) is 0 Å². The molecule has 4 nitrogen and oxygen atoms in total. The Balaban J connectivity index is 2.03. The number of hydrogen-bond donors (Lipinski definition) is 1. The van der Waals surface area contributed by atoms with Crippen LogP contribution in [0.3, 0.4) is 0 Å². The van der Waals surface area contributed by atoms with E-state index < -0.39 is 6.10 Å². The molecule has 0 unspecified atom stereocenters. The average molecular weight is 300 g/mol. The number of nitrogens with two attached hydrogens (primary N) is 1. The first-order valence-electron chi connectivity index (χ1n) is 7.21. The third-order valence-electron chi connectivity index (χ3n) is 3.74. The summed E-state index contributed by atoms with van der Waals surface area (Å²) in [6.45, 7) is 2.04. The quantitative estimate of drug-likeness (QED) is 0.886. The molecule has 1 aliphatic heterocycles. The van der Waals surface area contributed by atoms with Crippen molar-refractivity contribution in [2.45, 2.75) is 26.0 Å². The number of carbonyl (C=O) groups excluding carboxylic acids is 1. The summed E-state index contributed by atoms with van der Waals surface area (Å²) < 4.78 is 19.6. The van der Waals surface area contributed by atoms with Crippen LogP contribution in [0.1, 0.15) is 18.9 Å². The van der Waals surface area contributed by atoms with Crippen molar-refractivity contribution in [3.63, 3.8) is 0 Å². The fourth-order valence-corrected chi connectivity index (χ4v) is 2.56. The number of anilines is 2. The summed E-state index contributed by atoms with van der Waals surface area (Å²) in [6.07, 6.45) is -0.000867. The zero-order chi connectivity index (χ0) is 15.7. The van der Waals surface area contributed by atoms with Gasteiger partial charge in [-0.3, -0.25) is 4.79 Å². The smallest absolute Gasteiger partial charge is 0.268 e. The van der Waals surface area contributed by atoms with Gasteiger partial charge in [0.2, 0.25) is 0 Å². The molecule has 2 aromatic rings. The van der Waals surface area contributed by atoms with E-state index >= 15 is 0 Å². The van der Waals surface area contributed by atoms with E-state index in [9.17, 15) is 9.18 Å². The number of ether oxygens (including phenoxy) is 1. The number of carbonyl (C=O) groups is 1. The van der Waals surface area contributed by atoms with Crippen molar-refractivity contribution in [3.8, 4) is 5.75 Å². The van der Waals surface area contributed by atoms with Crippen LogP contribution >= 0.6 is 0 Å². The molecular weight excluding hydrogens is 283 g/mol. The monoisotopic (exact) mass is 300 g/mol. The first-order valence-corrected chi connectivity index (χ1v) is 7.21. The Bertz CT molecular complexity index is 718. The van der Waals surface area contributed by atoms with E-state index in [1.807, 2.05) is 6.92 Å². The van der Waals surface area contributed by atoms with E-state index in [1.165, 1.54) is 6.07 Å². The maximum Gasteiger partial charge on any atom is 0.268 e. The molecule has 0 radical (unpaired) electrons. The Morgan fingerprint density at radius 3 is 2.77 bits per heavy atom. The van der Waals surface area contributed by atoms with Gasteiger partial charge < -0.3 is 15.4 Å². The van der Waals surface area contributed by atoms with Crippen molar-refractivity contribution in [3.05, 3.63) is 53.8 Å². The molecule has 0 bridgehead atoms. The largest absolute Gasteiger partial charge is 0.478 e. The molecule has 5 heteroatoms. The second-order valence-corrected chi connectivity index (χ2v) is 5.26. The van der Waals surface area contributed by atoms with Gasteiger partial charge in [0.05, 0.1) is 12.2 Å². The topological polar surface area (TPSA) is 55.6 Å². The van der Waals surface area contributed by atoms with E-state index in [4.69, 9.17) is 10.5 Å². The number of nitrogen functional groups attached to an aromatic ring is 1. The van der Waals surface area contributed by atoms with Gasteiger partial charge in [-0.05, 0) is 30.7 Å². The minimum absolute atomic E-state index is 0.155. The van der Waals surface area contributed by atoms with Gasteiger partial charge in [-0.25, -0.2) is 4.39 Å². The van der Waals surface area contributed by atoms with E-state index in [0.717, 1.165) is 0 Å². The lowest BCUT2D eigenvalue weighted by Gasteiger charge is -2.34. The first kappa shape index (κ1) is 14.4. The van der Waals surface area contributed by atoms with Crippen molar-refractivity contribution in [2.24, 2.45) is 0 Å². The minimum atomic E-state index is -0.553. The molecule has 1 amide bonds. The lowest BCUT2D eigenvalue weighted by molar-refractivity contribution is -0.126. The van der Waals surface area contributed by atoms with E-state index in [0.29, 0.717) is 29.1 Å². The minimum Gasteiger partial charge on any atom is -0.478 e. The summed E-state index contributed by atoms with van der Waals surface area (Å²) in [5.74, 6) is 0.0844. The Morgan fingerprint density at radius 1 is 1.27 bits per heavy atom. The molecule has 0 saturated carbocycles. The number of rotatable bonds is 3. The first-order chi connectivity index (χ1) is 10.6. The predicted molar refractivity (Wildman–Crippen MR) is 83.2 cm³/mol. The third kappa shape index (κ3) is 2.50. The van der Waals surface area contributed by atoms with Gasteiger partial charge in [0.15, 0.2) is 6.10 Å². The Hall–Kier alpha value is -2.56. The lowest BCUT2D eigenvalue weighted by Crippen LogP contribution is -2.45. The number of nitrogens with zero attached hydrogens (tertiary/aromatic N) is 1. The van der Waals surface area contributed by atoms with Gasteiger partial charge >= 0.3 is 0 Å². The van der Waals surface area contributed by atoms with Crippen LogP contribution in [-0.4, -0.2) is 12.0 Å². The molecule has 1 atom stereocenters. The van der Waals surface area contributed by atoms with Gasteiger partial charge in [-0.2, -0.15) is 0 Å². The highest BCUT2D eigenvalue weighted by molar-refractivity contribution is 6.00. The molecule has 2 aromatic carbocycles. The van der Waals surface area contributed by atoms with Crippen LogP contribution in [0, 0.1) is 5.82 Å². The number of hydrogen-bond acceptors (Lipinski definition) is 3. The summed E-state index contributed by atoms with van der Waals surface area (Å²) in [4.78, 5) is 14.1. The molecule has 114 valence electrons. The molecular formula is C17H17FN2O2. The number of halogens is 1. The molecule has 2 N–H and O–H groups in total.